The highest BCUT2D eigenvalue weighted by molar-refractivity contribution is 5.79. The van der Waals surface area contributed by atoms with Crippen molar-refractivity contribution in [3.8, 4) is 11.5 Å². The number of nitrogens with zero attached hydrogens (tertiary/aromatic N) is 1. The van der Waals surface area contributed by atoms with Gasteiger partial charge in [0.15, 0.2) is 17.5 Å². The maximum atomic E-state index is 5.94. The lowest BCUT2D eigenvalue weighted by Crippen LogP contribution is -2.42. The number of hydrogen-bond acceptors (Lipinski definition) is 5. The minimum Gasteiger partial charge on any atom is -0.493 e. The number of methoxy groups -OCH3 is 1. The number of para-hydroxylation sites is 2. The molecule has 1 heterocycles. The summed E-state index contributed by atoms with van der Waals surface area (Å²) in [5.74, 6) is 2.23. The first-order valence-corrected chi connectivity index (χ1v) is 9.66. The lowest BCUT2D eigenvalue weighted by atomic mass is 10.1. The van der Waals surface area contributed by atoms with Gasteiger partial charge >= 0.3 is 0 Å². The van der Waals surface area contributed by atoms with Crippen molar-refractivity contribution in [1.82, 2.24) is 10.6 Å². The molecule has 1 fully saturated rings. The van der Waals surface area contributed by atoms with Gasteiger partial charge in [-0.3, -0.25) is 4.99 Å². The molecule has 1 aliphatic heterocycles. The molecule has 152 valence electrons. The second-order valence-corrected chi connectivity index (χ2v) is 6.50. The zero-order valence-electron chi connectivity index (χ0n) is 16.7. The van der Waals surface area contributed by atoms with E-state index in [2.05, 4.69) is 15.6 Å². The van der Waals surface area contributed by atoms with Crippen molar-refractivity contribution in [1.29, 1.82) is 0 Å². The van der Waals surface area contributed by atoms with Gasteiger partial charge in [-0.1, -0.05) is 12.1 Å². The van der Waals surface area contributed by atoms with Crippen LogP contribution in [0.15, 0.2) is 29.3 Å². The van der Waals surface area contributed by atoms with E-state index in [9.17, 15) is 0 Å². The molecule has 7 heteroatoms. The molecular formula is C20H33N3O4. The number of hydrogen-bond donors (Lipinski definition) is 2. The summed E-state index contributed by atoms with van der Waals surface area (Å²) in [6.45, 7) is 5.83. The van der Waals surface area contributed by atoms with Crippen LogP contribution in [-0.4, -0.2) is 65.2 Å². The number of ether oxygens (including phenoxy) is 4. The highest BCUT2D eigenvalue weighted by Crippen LogP contribution is 2.26. The molecule has 0 radical (unpaired) electrons. The molecule has 1 unspecified atom stereocenters. The van der Waals surface area contributed by atoms with E-state index in [0.717, 1.165) is 63.1 Å². The van der Waals surface area contributed by atoms with Crippen molar-refractivity contribution in [3.05, 3.63) is 24.3 Å². The van der Waals surface area contributed by atoms with Crippen LogP contribution in [0.1, 0.15) is 26.2 Å². The zero-order valence-corrected chi connectivity index (χ0v) is 16.7. The Morgan fingerprint density at radius 1 is 1.22 bits per heavy atom. The van der Waals surface area contributed by atoms with Gasteiger partial charge in [0.05, 0.1) is 19.8 Å². The lowest BCUT2D eigenvalue weighted by molar-refractivity contribution is -0.0320. The van der Waals surface area contributed by atoms with Gasteiger partial charge in [0.2, 0.25) is 0 Å². The standard InChI is InChI=1S/C20H33N3O4/c1-16(27-19-8-5-4-7-18(19)24-3)15-23-20(21-2)22-11-6-12-26-17-9-13-25-14-10-17/h4-5,7-8,16-17H,6,9-15H2,1-3H3,(H2,21,22,23). The second-order valence-electron chi connectivity index (χ2n) is 6.50. The molecule has 1 atom stereocenters. The Morgan fingerprint density at radius 3 is 2.67 bits per heavy atom. The van der Waals surface area contributed by atoms with Gasteiger partial charge in [-0.15, -0.1) is 0 Å². The molecular weight excluding hydrogens is 346 g/mol. The second kappa shape index (κ2) is 12.4. The Bertz CT molecular complexity index is 562. The van der Waals surface area contributed by atoms with Crippen molar-refractivity contribution >= 4 is 5.96 Å². The first-order chi connectivity index (χ1) is 13.2. The fraction of sp³-hybridized carbons (Fsp3) is 0.650. The molecule has 0 aliphatic carbocycles. The Morgan fingerprint density at radius 2 is 1.96 bits per heavy atom. The molecule has 27 heavy (non-hydrogen) atoms. The fourth-order valence-corrected chi connectivity index (χ4v) is 2.81. The molecule has 1 aliphatic rings. The summed E-state index contributed by atoms with van der Waals surface area (Å²) < 4.78 is 22.5. The molecule has 1 aromatic rings. The van der Waals surface area contributed by atoms with Gasteiger partial charge in [-0.25, -0.2) is 0 Å². The summed E-state index contributed by atoms with van der Waals surface area (Å²) in [6.07, 6.45) is 3.26. The molecule has 0 spiro atoms. The Hall–Kier alpha value is -1.99. The first kappa shape index (κ1) is 21.3. The third kappa shape index (κ3) is 8.05. The maximum Gasteiger partial charge on any atom is 0.191 e. The monoisotopic (exact) mass is 379 g/mol. The zero-order chi connectivity index (χ0) is 19.3. The molecule has 7 nitrogen and oxygen atoms in total. The molecule has 2 rings (SSSR count). The fourth-order valence-electron chi connectivity index (χ4n) is 2.81. The number of benzene rings is 1. The van der Waals surface area contributed by atoms with Crippen LogP contribution in [0.25, 0.3) is 0 Å². The van der Waals surface area contributed by atoms with E-state index in [1.807, 2.05) is 31.2 Å². The van der Waals surface area contributed by atoms with Crippen LogP contribution < -0.4 is 20.1 Å². The Labute approximate surface area is 162 Å². The Kier molecular flexibility index (Phi) is 9.79. The first-order valence-electron chi connectivity index (χ1n) is 9.66. The van der Waals surface area contributed by atoms with Crippen LogP contribution in [0, 0.1) is 0 Å². The van der Waals surface area contributed by atoms with E-state index in [-0.39, 0.29) is 6.10 Å². The van der Waals surface area contributed by atoms with Gasteiger partial charge in [0, 0.05) is 33.4 Å². The van der Waals surface area contributed by atoms with Crippen molar-refractivity contribution in [2.75, 3.05) is 47.1 Å². The van der Waals surface area contributed by atoms with Gasteiger partial charge in [0.1, 0.15) is 6.10 Å². The van der Waals surface area contributed by atoms with Crippen LogP contribution in [-0.2, 0) is 9.47 Å². The topological polar surface area (TPSA) is 73.3 Å². The molecule has 0 bridgehead atoms. The van der Waals surface area contributed by atoms with Crippen LogP contribution in [0.4, 0.5) is 0 Å². The number of aliphatic imine (C=N–C) groups is 1. The minimum absolute atomic E-state index is 0.0308. The maximum absolute atomic E-state index is 5.94. The third-order valence-electron chi connectivity index (χ3n) is 4.31. The van der Waals surface area contributed by atoms with Gasteiger partial charge < -0.3 is 29.6 Å². The highest BCUT2D eigenvalue weighted by Gasteiger charge is 2.13. The van der Waals surface area contributed by atoms with E-state index >= 15 is 0 Å². The van der Waals surface area contributed by atoms with Crippen molar-refractivity contribution < 1.29 is 18.9 Å². The van der Waals surface area contributed by atoms with Crippen molar-refractivity contribution in [2.45, 2.75) is 38.4 Å². The van der Waals surface area contributed by atoms with E-state index in [1.165, 1.54) is 0 Å². The number of nitrogens with one attached hydrogen (secondary N) is 2. The van der Waals surface area contributed by atoms with Crippen molar-refractivity contribution in [3.63, 3.8) is 0 Å². The molecule has 0 saturated carbocycles. The predicted octanol–water partition coefficient (Wildman–Crippen LogP) is 2.21. The average molecular weight is 380 g/mol. The molecule has 1 aromatic carbocycles. The summed E-state index contributed by atoms with van der Waals surface area (Å²) in [4.78, 5) is 4.25. The molecule has 0 aromatic heterocycles. The van der Waals surface area contributed by atoms with Crippen molar-refractivity contribution in [2.24, 2.45) is 4.99 Å². The SMILES string of the molecule is CN=C(NCCCOC1CCOCC1)NCC(C)Oc1ccccc1OC. The minimum atomic E-state index is -0.0308. The van der Waals surface area contributed by atoms with E-state index in [4.69, 9.17) is 18.9 Å². The average Bonchev–Trinajstić information content (AvgIpc) is 2.71. The summed E-state index contributed by atoms with van der Waals surface area (Å²) in [5.41, 5.74) is 0. The lowest BCUT2D eigenvalue weighted by Gasteiger charge is -2.22. The molecule has 2 N–H and O–H groups in total. The highest BCUT2D eigenvalue weighted by atomic mass is 16.5. The summed E-state index contributed by atoms with van der Waals surface area (Å²) >= 11 is 0. The van der Waals surface area contributed by atoms with E-state index < -0.39 is 0 Å². The van der Waals surface area contributed by atoms with Gasteiger partial charge in [0.25, 0.3) is 0 Å². The summed E-state index contributed by atoms with van der Waals surface area (Å²) in [5, 5.41) is 6.59. The van der Waals surface area contributed by atoms with Crippen LogP contribution in [0.5, 0.6) is 11.5 Å². The normalized spacial score (nSPS) is 16.6. The third-order valence-corrected chi connectivity index (χ3v) is 4.31. The van der Waals surface area contributed by atoms with Crippen LogP contribution >= 0.6 is 0 Å². The quantitative estimate of drug-likeness (QED) is 0.369. The van der Waals surface area contributed by atoms with E-state index in [1.54, 1.807) is 14.2 Å². The number of rotatable bonds is 10. The summed E-state index contributed by atoms with van der Waals surface area (Å²) in [7, 11) is 3.41. The smallest absolute Gasteiger partial charge is 0.191 e. The molecule has 1 saturated heterocycles. The molecule has 0 amide bonds. The van der Waals surface area contributed by atoms with Gasteiger partial charge in [-0.05, 0) is 38.3 Å². The van der Waals surface area contributed by atoms with Gasteiger partial charge in [-0.2, -0.15) is 0 Å². The summed E-state index contributed by atoms with van der Waals surface area (Å²) in [6, 6.07) is 7.65. The number of guanidine groups is 1. The van der Waals surface area contributed by atoms with E-state index in [0.29, 0.717) is 12.6 Å². The van der Waals surface area contributed by atoms with Crippen LogP contribution in [0.2, 0.25) is 0 Å². The Balaban J connectivity index is 1.60. The van der Waals surface area contributed by atoms with Crippen LogP contribution in [0.3, 0.4) is 0 Å². The largest absolute Gasteiger partial charge is 0.493 e. The predicted molar refractivity (Wildman–Crippen MR) is 107 cm³/mol.